The van der Waals surface area contributed by atoms with Crippen LogP contribution in [0.4, 0.5) is 10.7 Å². The van der Waals surface area contributed by atoms with Gasteiger partial charge in [0.2, 0.25) is 0 Å². The van der Waals surface area contributed by atoms with Crippen LogP contribution in [0.5, 0.6) is 5.75 Å². The summed E-state index contributed by atoms with van der Waals surface area (Å²) in [7, 11) is 1.60. The van der Waals surface area contributed by atoms with Gasteiger partial charge in [0.25, 0.3) is 5.91 Å². The molecular weight excluding hydrogens is 286 g/mol. The molecule has 0 bridgehead atoms. The quantitative estimate of drug-likeness (QED) is 0.754. The van der Waals surface area contributed by atoms with Crippen molar-refractivity contribution in [2.45, 2.75) is 52.2 Å². The van der Waals surface area contributed by atoms with Crippen molar-refractivity contribution < 1.29 is 9.53 Å². The fraction of sp³-hybridized carbons (Fsp3) is 0.667. The standard InChI is InChI=1S/C15H25N3O2S/c1-8(2)20-11-10(16)12(13(19)17-5)21-14(11)18-15(3,4)9-6-7-9/h8-9,18H,6-7,16H2,1-5H3,(H,17,19). The van der Waals surface area contributed by atoms with Crippen molar-refractivity contribution in [2.75, 3.05) is 18.1 Å². The van der Waals surface area contributed by atoms with Gasteiger partial charge in [-0.3, -0.25) is 4.79 Å². The molecule has 1 aliphatic carbocycles. The smallest absolute Gasteiger partial charge is 0.263 e. The van der Waals surface area contributed by atoms with Crippen LogP contribution in [-0.2, 0) is 0 Å². The van der Waals surface area contributed by atoms with Crippen molar-refractivity contribution in [1.29, 1.82) is 0 Å². The summed E-state index contributed by atoms with van der Waals surface area (Å²) in [5, 5.41) is 6.99. The second-order valence-electron chi connectivity index (χ2n) is 6.37. The highest BCUT2D eigenvalue weighted by atomic mass is 32.1. The van der Waals surface area contributed by atoms with E-state index in [0.717, 1.165) is 5.00 Å². The number of hydrogen-bond donors (Lipinski definition) is 3. The fourth-order valence-corrected chi connectivity index (χ4v) is 3.51. The van der Waals surface area contributed by atoms with Gasteiger partial charge in [-0.2, -0.15) is 0 Å². The minimum atomic E-state index is -0.177. The van der Waals surface area contributed by atoms with Gasteiger partial charge in [0.1, 0.15) is 15.6 Å². The van der Waals surface area contributed by atoms with Gasteiger partial charge in [0.05, 0.1) is 6.10 Å². The Labute approximate surface area is 130 Å². The Morgan fingerprint density at radius 1 is 1.43 bits per heavy atom. The molecular formula is C15H25N3O2S. The van der Waals surface area contributed by atoms with Crippen LogP contribution in [0.2, 0.25) is 0 Å². The van der Waals surface area contributed by atoms with Gasteiger partial charge >= 0.3 is 0 Å². The first kappa shape index (κ1) is 15.9. The second-order valence-corrected chi connectivity index (χ2v) is 7.39. The first-order valence-electron chi connectivity index (χ1n) is 7.35. The number of nitrogen functional groups attached to an aromatic ring is 1. The number of rotatable bonds is 6. The highest BCUT2D eigenvalue weighted by Crippen LogP contribution is 2.48. The molecule has 1 fully saturated rings. The average Bonchev–Trinajstić information content (AvgIpc) is 3.20. The highest BCUT2D eigenvalue weighted by Gasteiger charge is 2.39. The van der Waals surface area contributed by atoms with Crippen molar-refractivity contribution in [3.05, 3.63) is 4.88 Å². The zero-order valence-electron chi connectivity index (χ0n) is 13.4. The SMILES string of the molecule is CNC(=O)c1sc(NC(C)(C)C2CC2)c(OC(C)C)c1N. The van der Waals surface area contributed by atoms with Crippen LogP contribution in [0.1, 0.15) is 50.2 Å². The third-order valence-corrected chi connectivity index (χ3v) is 4.82. The molecule has 1 amide bonds. The molecule has 0 unspecified atom stereocenters. The summed E-state index contributed by atoms with van der Waals surface area (Å²) in [6.07, 6.45) is 2.48. The number of nitrogens with one attached hydrogen (secondary N) is 2. The van der Waals surface area contributed by atoms with Gasteiger partial charge in [0.15, 0.2) is 5.75 Å². The van der Waals surface area contributed by atoms with Gasteiger partial charge < -0.3 is 21.1 Å². The van der Waals surface area contributed by atoms with E-state index in [4.69, 9.17) is 10.5 Å². The monoisotopic (exact) mass is 311 g/mol. The number of ether oxygens (including phenoxy) is 1. The summed E-state index contributed by atoms with van der Waals surface area (Å²) in [6.45, 7) is 8.26. The highest BCUT2D eigenvalue weighted by molar-refractivity contribution is 7.19. The van der Waals surface area contributed by atoms with E-state index in [0.29, 0.717) is 22.2 Å². The van der Waals surface area contributed by atoms with E-state index in [-0.39, 0.29) is 17.6 Å². The molecule has 0 saturated heterocycles. The molecule has 6 heteroatoms. The second kappa shape index (κ2) is 5.75. The molecule has 0 spiro atoms. The molecule has 1 aromatic heterocycles. The van der Waals surface area contributed by atoms with Crippen molar-refractivity contribution in [3.8, 4) is 5.75 Å². The van der Waals surface area contributed by atoms with Crippen LogP contribution < -0.4 is 21.1 Å². The van der Waals surface area contributed by atoms with Gasteiger partial charge in [0, 0.05) is 12.6 Å². The summed E-state index contributed by atoms with van der Waals surface area (Å²) in [5.74, 6) is 1.09. The average molecular weight is 311 g/mol. The summed E-state index contributed by atoms with van der Waals surface area (Å²) >= 11 is 1.36. The Bertz CT molecular complexity index is 533. The molecule has 1 heterocycles. The predicted molar refractivity (Wildman–Crippen MR) is 88.3 cm³/mol. The molecule has 0 aliphatic heterocycles. The Hall–Kier alpha value is -1.43. The summed E-state index contributed by atoms with van der Waals surface area (Å²) < 4.78 is 5.84. The normalized spacial score (nSPS) is 15.1. The largest absolute Gasteiger partial charge is 0.486 e. The third-order valence-electron chi connectivity index (χ3n) is 3.72. The Balaban J connectivity index is 2.35. The van der Waals surface area contributed by atoms with Gasteiger partial charge in [-0.25, -0.2) is 0 Å². The molecule has 0 aromatic carbocycles. The van der Waals surface area contributed by atoms with Gasteiger partial charge in [-0.15, -0.1) is 11.3 Å². The molecule has 0 atom stereocenters. The van der Waals surface area contributed by atoms with E-state index in [9.17, 15) is 4.79 Å². The molecule has 4 N–H and O–H groups in total. The van der Waals surface area contributed by atoms with E-state index in [1.54, 1.807) is 7.05 Å². The van der Waals surface area contributed by atoms with Crippen LogP contribution in [0, 0.1) is 5.92 Å². The van der Waals surface area contributed by atoms with Crippen molar-refractivity contribution >= 4 is 27.9 Å². The molecule has 118 valence electrons. The number of nitrogens with two attached hydrogens (primary N) is 1. The van der Waals surface area contributed by atoms with Crippen molar-refractivity contribution in [1.82, 2.24) is 5.32 Å². The Kier molecular flexibility index (Phi) is 4.37. The van der Waals surface area contributed by atoms with Gasteiger partial charge in [-0.05, 0) is 46.5 Å². The first-order valence-corrected chi connectivity index (χ1v) is 8.17. The number of hydrogen-bond acceptors (Lipinski definition) is 5. The van der Waals surface area contributed by atoms with Crippen LogP contribution in [-0.4, -0.2) is 24.6 Å². The molecule has 1 aromatic rings. The van der Waals surface area contributed by atoms with Crippen LogP contribution in [0.15, 0.2) is 0 Å². The third kappa shape index (κ3) is 3.43. The zero-order valence-corrected chi connectivity index (χ0v) is 14.2. The lowest BCUT2D eigenvalue weighted by molar-refractivity contribution is 0.0967. The fourth-order valence-electron chi connectivity index (χ4n) is 2.35. The summed E-state index contributed by atoms with van der Waals surface area (Å²) in [6, 6.07) is 0. The minimum absolute atomic E-state index is 0.00373. The molecule has 0 radical (unpaired) electrons. The van der Waals surface area contributed by atoms with Crippen LogP contribution >= 0.6 is 11.3 Å². The lowest BCUT2D eigenvalue weighted by Gasteiger charge is -2.27. The molecule has 5 nitrogen and oxygen atoms in total. The lowest BCUT2D eigenvalue weighted by Crippen LogP contribution is -2.33. The van der Waals surface area contributed by atoms with E-state index in [1.807, 2.05) is 13.8 Å². The molecule has 1 saturated carbocycles. The molecule has 2 rings (SSSR count). The first-order chi connectivity index (χ1) is 9.76. The molecule has 1 aliphatic rings. The zero-order chi connectivity index (χ0) is 15.8. The van der Waals surface area contributed by atoms with Crippen molar-refractivity contribution in [2.24, 2.45) is 5.92 Å². The predicted octanol–water partition coefficient (Wildman–Crippen LogP) is 3.08. The number of carbonyl (C=O) groups excluding carboxylic acids is 1. The van der Waals surface area contributed by atoms with E-state index in [2.05, 4.69) is 24.5 Å². The van der Waals surface area contributed by atoms with E-state index >= 15 is 0 Å². The maximum Gasteiger partial charge on any atom is 0.263 e. The number of carbonyl (C=O) groups is 1. The lowest BCUT2D eigenvalue weighted by atomic mass is 9.99. The van der Waals surface area contributed by atoms with E-state index in [1.165, 1.54) is 24.2 Å². The summed E-state index contributed by atoms with van der Waals surface area (Å²) in [5.41, 5.74) is 6.52. The Morgan fingerprint density at radius 3 is 2.52 bits per heavy atom. The Morgan fingerprint density at radius 2 is 2.05 bits per heavy atom. The number of amides is 1. The van der Waals surface area contributed by atoms with Gasteiger partial charge in [-0.1, -0.05) is 0 Å². The summed E-state index contributed by atoms with van der Waals surface area (Å²) in [4.78, 5) is 12.4. The van der Waals surface area contributed by atoms with Crippen molar-refractivity contribution in [3.63, 3.8) is 0 Å². The minimum Gasteiger partial charge on any atom is -0.486 e. The molecule has 21 heavy (non-hydrogen) atoms. The number of thiophene rings is 1. The topological polar surface area (TPSA) is 76.4 Å². The van der Waals surface area contributed by atoms with Crippen LogP contribution in [0.3, 0.4) is 0 Å². The number of anilines is 2. The van der Waals surface area contributed by atoms with E-state index < -0.39 is 0 Å². The maximum absolute atomic E-state index is 11.9. The maximum atomic E-state index is 11.9. The van der Waals surface area contributed by atoms with Crippen LogP contribution in [0.25, 0.3) is 0 Å².